The van der Waals surface area contributed by atoms with Gasteiger partial charge in [-0.1, -0.05) is 13.8 Å². The molecule has 19 heavy (non-hydrogen) atoms. The first-order chi connectivity index (χ1) is 9.00. The summed E-state index contributed by atoms with van der Waals surface area (Å²) in [6.45, 7) is 7.65. The van der Waals surface area contributed by atoms with Crippen LogP contribution in [-0.4, -0.2) is 16.5 Å². The van der Waals surface area contributed by atoms with Crippen LogP contribution in [-0.2, 0) is 0 Å². The molecule has 5 heteroatoms. The number of fused-ring (bicyclic) bond motifs is 1. The van der Waals surface area contributed by atoms with E-state index < -0.39 is 0 Å². The Bertz CT molecular complexity index is 616. The highest BCUT2D eigenvalue weighted by atomic mass is 35.5. The molecule has 1 N–H and O–H groups in total. The molecular weight excluding hydrogens is 278 g/mol. The maximum absolute atomic E-state index is 6.01. The molecule has 2 heterocycles. The number of anilines is 1. The van der Waals surface area contributed by atoms with Gasteiger partial charge in [0.15, 0.2) is 0 Å². The van der Waals surface area contributed by atoms with Gasteiger partial charge in [0.25, 0.3) is 0 Å². The zero-order valence-electron chi connectivity index (χ0n) is 11.5. The minimum Gasteiger partial charge on any atom is -0.369 e. The summed E-state index contributed by atoms with van der Waals surface area (Å²) in [4.78, 5) is 10.8. The third-order valence-corrected chi connectivity index (χ3v) is 5.33. The minimum absolute atomic E-state index is 0.325. The van der Waals surface area contributed by atoms with Crippen molar-refractivity contribution >= 4 is 39.0 Å². The predicted octanol–water partition coefficient (Wildman–Crippen LogP) is 4.50. The molecule has 0 spiro atoms. The molecule has 2 aromatic heterocycles. The highest BCUT2D eigenvalue weighted by Gasteiger charge is 2.45. The molecule has 1 fully saturated rings. The standard InChI is InChI=1S/C14H18ClN3S/c1-8(2)14(4-5-14)7-16-11-10-6-9(3)19-12(10)18-13(15)17-11/h6,8H,4-5,7H2,1-3H3,(H,16,17,18). The first kappa shape index (κ1) is 13.1. The van der Waals surface area contributed by atoms with Gasteiger partial charge in [-0.05, 0) is 48.8 Å². The number of nitrogens with zero attached hydrogens (tertiary/aromatic N) is 2. The van der Waals surface area contributed by atoms with E-state index >= 15 is 0 Å². The zero-order chi connectivity index (χ0) is 13.6. The lowest BCUT2D eigenvalue weighted by molar-refractivity contribution is 0.380. The Balaban J connectivity index is 1.88. The molecule has 0 aromatic carbocycles. The highest BCUT2D eigenvalue weighted by molar-refractivity contribution is 7.18. The van der Waals surface area contributed by atoms with Crippen LogP contribution in [0.4, 0.5) is 5.82 Å². The van der Waals surface area contributed by atoms with E-state index in [2.05, 4.69) is 42.1 Å². The summed E-state index contributed by atoms with van der Waals surface area (Å²) < 4.78 is 0. The summed E-state index contributed by atoms with van der Waals surface area (Å²) in [5, 5.41) is 4.91. The molecule has 0 saturated heterocycles. The molecule has 102 valence electrons. The van der Waals surface area contributed by atoms with Gasteiger partial charge >= 0.3 is 0 Å². The molecule has 1 saturated carbocycles. The monoisotopic (exact) mass is 295 g/mol. The molecular formula is C14H18ClN3S. The van der Waals surface area contributed by atoms with Crippen LogP contribution in [0.5, 0.6) is 0 Å². The highest BCUT2D eigenvalue weighted by Crippen LogP contribution is 2.51. The van der Waals surface area contributed by atoms with Crippen LogP contribution < -0.4 is 5.32 Å². The predicted molar refractivity (Wildman–Crippen MR) is 82.2 cm³/mol. The Morgan fingerprint density at radius 2 is 2.16 bits per heavy atom. The first-order valence-corrected chi connectivity index (χ1v) is 7.87. The average molecular weight is 296 g/mol. The van der Waals surface area contributed by atoms with E-state index in [1.807, 2.05) is 0 Å². The van der Waals surface area contributed by atoms with Crippen LogP contribution in [0.1, 0.15) is 31.6 Å². The first-order valence-electron chi connectivity index (χ1n) is 6.68. The zero-order valence-corrected chi connectivity index (χ0v) is 13.0. The van der Waals surface area contributed by atoms with Gasteiger partial charge in [-0.15, -0.1) is 11.3 Å². The third kappa shape index (κ3) is 2.43. The van der Waals surface area contributed by atoms with Crippen molar-refractivity contribution in [3.63, 3.8) is 0 Å². The lowest BCUT2D eigenvalue weighted by Crippen LogP contribution is -2.21. The molecule has 0 bridgehead atoms. The molecule has 2 aromatic rings. The van der Waals surface area contributed by atoms with Crippen LogP contribution in [0.25, 0.3) is 10.2 Å². The summed E-state index contributed by atoms with van der Waals surface area (Å²) >= 11 is 7.67. The van der Waals surface area contributed by atoms with Crippen LogP contribution in [0.2, 0.25) is 5.28 Å². The summed E-state index contributed by atoms with van der Waals surface area (Å²) in [7, 11) is 0. The third-order valence-electron chi connectivity index (χ3n) is 4.21. The molecule has 0 amide bonds. The SMILES string of the molecule is Cc1cc2c(NCC3(C(C)C)CC3)nc(Cl)nc2s1. The van der Waals surface area contributed by atoms with Crippen LogP contribution in [0.3, 0.4) is 0 Å². The number of hydrogen-bond donors (Lipinski definition) is 1. The van der Waals surface area contributed by atoms with Gasteiger partial charge in [0.2, 0.25) is 5.28 Å². The van der Waals surface area contributed by atoms with Crippen LogP contribution >= 0.6 is 22.9 Å². The summed E-state index contributed by atoms with van der Waals surface area (Å²) in [6.07, 6.45) is 2.62. The van der Waals surface area contributed by atoms with Gasteiger partial charge in [0.1, 0.15) is 10.6 Å². The minimum atomic E-state index is 0.325. The van der Waals surface area contributed by atoms with E-state index in [1.165, 1.54) is 17.7 Å². The van der Waals surface area contributed by atoms with E-state index in [4.69, 9.17) is 11.6 Å². The van der Waals surface area contributed by atoms with Crippen molar-refractivity contribution in [3.05, 3.63) is 16.2 Å². The average Bonchev–Trinajstić information content (AvgIpc) is 3.03. The fourth-order valence-electron chi connectivity index (χ4n) is 2.53. The van der Waals surface area contributed by atoms with Crippen LogP contribution in [0.15, 0.2) is 6.07 Å². The van der Waals surface area contributed by atoms with Crippen molar-refractivity contribution < 1.29 is 0 Å². The number of rotatable bonds is 4. The smallest absolute Gasteiger partial charge is 0.225 e. The van der Waals surface area contributed by atoms with E-state index in [0.29, 0.717) is 16.6 Å². The van der Waals surface area contributed by atoms with Crippen molar-refractivity contribution in [1.29, 1.82) is 0 Å². The second-order valence-electron chi connectivity index (χ2n) is 5.79. The Kier molecular flexibility index (Phi) is 3.18. The normalized spacial score (nSPS) is 17.1. The maximum Gasteiger partial charge on any atom is 0.225 e. The van der Waals surface area contributed by atoms with E-state index in [9.17, 15) is 0 Å². The fourth-order valence-corrected chi connectivity index (χ4v) is 3.63. The molecule has 3 rings (SSSR count). The van der Waals surface area contributed by atoms with Crippen LogP contribution in [0, 0.1) is 18.3 Å². The number of halogens is 1. The summed E-state index contributed by atoms with van der Waals surface area (Å²) in [5.41, 5.74) is 0.453. The van der Waals surface area contributed by atoms with E-state index in [0.717, 1.165) is 22.6 Å². The van der Waals surface area contributed by atoms with Gasteiger partial charge < -0.3 is 5.32 Å². The number of aromatic nitrogens is 2. The lowest BCUT2D eigenvalue weighted by Gasteiger charge is -2.20. The lowest BCUT2D eigenvalue weighted by atomic mass is 9.92. The van der Waals surface area contributed by atoms with Crippen molar-refractivity contribution in [2.45, 2.75) is 33.6 Å². The summed E-state index contributed by atoms with van der Waals surface area (Å²) in [6, 6.07) is 2.13. The van der Waals surface area contributed by atoms with Crippen molar-refractivity contribution in [3.8, 4) is 0 Å². The molecule has 0 atom stereocenters. The Morgan fingerprint density at radius 3 is 2.79 bits per heavy atom. The van der Waals surface area contributed by atoms with E-state index in [-0.39, 0.29) is 0 Å². The van der Waals surface area contributed by atoms with Gasteiger partial charge in [0.05, 0.1) is 5.39 Å². The Labute approximate surface area is 122 Å². The molecule has 0 unspecified atom stereocenters. The number of nitrogens with one attached hydrogen (secondary N) is 1. The summed E-state index contributed by atoms with van der Waals surface area (Å²) in [5.74, 6) is 1.59. The molecule has 0 radical (unpaired) electrons. The topological polar surface area (TPSA) is 37.8 Å². The van der Waals surface area contributed by atoms with Gasteiger partial charge in [0, 0.05) is 11.4 Å². The van der Waals surface area contributed by atoms with Crippen molar-refractivity contribution in [1.82, 2.24) is 9.97 Å². The Hall–Kier alpha value is -0.870. The largest absolute Gasteiger partial charge is 0.369 e. The fraction of sp³-hybridized carbons (Fsp3) is 0.571. The molecule has 1 aliphatic carbocycles. The van der Waals surface area contributed by atoms with Crippen molar-refractivity contribution in [2.24, 2.45) is 11.3 Å². The van der Waals surface area contributed by atoms with Crippen molar-refractivity contribution in [2.75, 3.05) is 11.9 Å². The molecule has 0 aliphatic heterocycles. The maximum atomic E-state index is 6.01. The quantitative estimate of drug-likeness (QED) is 0.844. The molecule has 3 nitrogen and oxygen atoms in total. The molecule has 1 aliphatic rings. The van der Waals surface area contributed by atoms with Gasteiger partial charge in [-0.2, -0.15) is 0 Å². The van der Waals surface area contributed by atoms with E-state index in [1.54, 1.807) is 11.3 Å². The van der Waals surface area contributed by atoms with Gasteiger partial charge in [-0.3, -0.25) is 0 Å². The number of aryl methyl sites for hydroxylation is 1. The number of thiophene rings is 1. The number of hydrogen-bond acceptors (Lipinski definition) is 4. The Morgan fingerprint density at radius 1 is 1.42 bits per heavy atom. The second-order valence-corrected chi connectivity index (χ2v) is 7.36. The second kappa shape index (κ2) is 4.60. The van der Waals surface area contributed by atoms with Gasteiger partial charge in [-0.25, -0.2) is 9.97 Å².